The largest absolute Gasteiger partial charge is 0.493 e. The monoisotopic (exact) mass is 370 g/mol. The number of hydrogen-bond donors (Lipinski definition) is 2. The molecule has 1 atom stereocenters. The first kappa shape index (κ1) is 20.3. The Morgan fingerprint density at radius 3 is 2.30 bits per heavy atom. The van der Waals surface area contributed by atoms with Crippen molar-refractivity contribution in [2.24, 2.45) is 0 Å². The van der Waals surface area contributed by atoms with E-state index in [-0.39, 0.29) is 6.61 Å². The molecule has 0 aliphatic carbocycles. The molecule has 2 aromatic carbocycles. The highest BCUT2D eigenvalue weighted by molar-refractivity contribution is 5.97. The molecule has 6 nitrogen and oxygen atoms in total. The van der Waals surface area contributed by atoms with E-state index in [9.17, 15) is 9.59 Å². The van der Waals surface area contributed by atoms with Crippen LogP contribution in [-0.4, -0.2) is 25.0 Å². The van der Waals surface area contributed by atoms with Gasteiger partial charge in [0.25, 0.3) is 11.8 Å². The Balaban J connectivity index is 1.90. The van der Waals surface area contributed by atoms with Crippen LogP contribution in [0.25, 0.3) is 0 Å². The van der Waals surface area contributed by atoms with Crippen LogP contribution in [0.3, 0.4) is 0 Å². The summed E-state index contributed by atoms with van der Waals surface area (Å²) in [6.45, 7) is 6.30. The summed E-state index contributed by atoms with van der Waals surface area (Å²) in [5.41, 5.74) is 6.16. The molecule has 0 aliphatic rings. The highest BCUT2D eigenvalue weighted by atomic mass is 16.5. The van der Waals surface area contributed by atoms with Gasteiger partial charge in [-0.15, -0.1) is 0 Å². The quantitative estimate of drug-likeness (QED) is 0.698. The van der Waals surface area contributed by atoms with Crippen LogP contribution in [0.4, 0.5) is 0 Å². The van der Waals surface area contributed by atoms with E-state index in [0.717, 1.165) is 12.0 Å². The molecule has 2 N–H and O–H groups in total. The van der Waals surface area contributed by atoms with Gasteiger partial charge >= 0.3 is 0 Å². The number of amides is 2. The molecule has 0 radical (unpaired) electrons. The Kier molecular flexibility index (Phi) is 7.67. The minimum atomic E-state index is -0.451. The minimum Gasteiger partial charge on any atom is -0.493 e. The number of carbonyl (C=O) groups is 2. The molecule has 0 spiro atoms. The number of ether oxygens (including phenoxy) is 2. The van der Waals surface area contributed by atoms with Gasteiger partial charge < -0.3 is 9.47 Å². The van der Waals surface area contributed by atoms with Gasteiger partial charge in [-0.1, -0.05) is 44.2 Å². The third-order valence-electron chi connectivity index (χ3n) is 4.17. The van der Waals surface area contributed by atoms with Crippen molar-refractivity contribution < 1.29 is 19.1 Å². The first-order valence-electron chi connectivity index (χ1n) is 9.09. The molecule has 2 rings (SSSR count). The standard InChI is InChI=1S/C21H26N2O4/c1-4-15(3)16-10-6-8-12-18(16)27-14-20(24)22-23-21(25)17-11-7-9-13-19(17)26-5-2/h6-13,15H,4-5,14H2,1-3H3,(H,22,24)(H,23,25). The number of benzene rings is 2. The minimum absolute atomic E-state index is 0.194. The molecule has 2 amide bonds. The van der Waals surface area contributed by atoms with Crippen LogP contribution < -0.4 is 20.3 Å². The molecular formula is C21H26N2O4. The van der Waals surface area contributed by atoms with Gasteiger partial charge in [0.2, 0.25) is 0 Å². The summed E-state index contributed by atoms with van der Waals surface area (Å²) >= 11 is 0. The first-order valence-corrected chi connectivity index (χ1v) is 9.09. The van der Waals surface area contributed by atoms with E-state index in [1.165, 1.54) is 0 Å². The number of hydrogen-bond acceptors (Lipinski definition) is 4. The maximum atomic E-state index is 12.3. The topological polar surface area (TPSA) is 76.7 Å². The van der Waals surface area contributed by atoms with Crippen molar-refractivity contribution in [3.63, 3.8) is 0 Å². The van der Waals surface area contributed by atoms with Crippen molar-refractivity contribution in [3.8, 4) is 11.5 Å². The maximum Gasteiger partial charge on any atom is 0.276 e. The summed E-state index contributed by atoms with van der Waals surface area (Å²) in [5.74, 6) is 0.572. The van der Waals surface area contributed by atoms with Gasteiger partial charge in [-0.3, -0.25) is 20.4 Å². The summed E-state index contributed by atoms with van der Waals surface area (Å²) in [4.78, 5) is 24.3. The van der Waals surface area contributed by atoms with Crippen molar-refractivity contribution in [1.82, 2.24) is 10.9 Å². The van der Waals surface area contributed by atoms with Crippen molar-refractivity contribution >= 4 is 11.8 Å². The second-order valence-electron chi connectivity index (χ2n) is 6.07. The highest BCUT2D eigenvalue weighted by Crippen LogP contribution is 2.28. The van der Waals surface area contributed by atoms with Crippen LogP contribution in [0.2, 0.25) is 0 Å². The van der Waals surface area contributed by atoms with E-state index in [4.69, 9.17) is 9.47 Å². The lowest BCUT2D eigenvalue weighted by Gasteiger charge is -2.16. The second kappa shape index (κ2) is 10.2. The smallest absolute Gasteiger partial charge is 0.276 e. The zero-order valence-corrected chi connectivity index (χ0v) is 16.0. The van der Waals surface area contributed by atoms with Crippen LogP contribution in [-0.2, 0) is 4.79 Å². The van der Waals surface area contributed by atoms with E-state index >= 15 is 0 Å². The number of para-hydroxylation sites is 2. The Morgan fingerprint density at radius 1 is 0.926 bits per heavy atom. The fraction of sp³-hybridized carbons (Fsp3) is 0.333. The van der Waals surface area contributed by atoms with Gasteiger partial charge in [-0.05, 0) is 43.0 Å². The molecule has 1 unspecified atom stereocenters. The Bertz CT molecular complexity index is 776. The number of nitrogens with one attached hydrogen (secondary N) is 2. The van der Waals surface area contributed by atoms with E-state index in [0.29, 0.717) is 29.6 Å². The van der Waals surface area contributed by atoms with Crippen molar-refractivity contribution in [1.29, 1.82) is 0 Å². The zero-order chi connectivity index (χ0) is 19.6. The second-order valence-corrected chi connectivity index (χ2v) is 6.07. The normalized spacial score (nSPS) is 11.4. The van der Waals surface area contributed by atoms with E-state index < -0.39 is 11.8 Å². The fourth-order valence-corrected chi connectivity index (χ4v) is 2.55. The molecular weight excluding hydrogens is 344 g/mol. The van der Waals surface area contributed by atoms with Crippen molar-refractivity contribution in [2.75, 3.05) is 13.2 Å². The van der Waals surface area contributed by atoms with E-state index in [2.05, 4.69) is 24.7 Å². The van der Waals surface area contributed by atoms with Crippen LogP contribution in [0.5, 0.6) is 11.5 Å². The summed E-state index contributed by atoms with van der Waals surface area (Å²) in [7, 11) is 0. The molecule has 0 heterocycles. The van der Waals surface area contributed by atoms with Crippen LogP contribution >= 0.6 is 0 Å². The van der Waals surface area contributed by atoms with Gasteiger partial charge in [-0.25, -0.2) is 0 Å². The van der Waals surface area contributed by atoms with Crippen LogP contribution in [0, 0.1) is 0 Å². The SMILES string of the molecule is CCOc1ccccc1C(=O)NNC(=O)COc1ccccc1C(C)CC. The van der Waals surface area contributed by atoms with E-state index in [1.54, 1.807) is 24.3 Å². The van der Waals surface area contributed by atoms with Gasteiger partial charge in [-0.2, -0.15) is 0 Å². The molecule has 0 saturated heterocycles. The number of rotatable bonds is 8. The van der Waals surface area contributed by atoms with E-state index in [1.807, 2.05) is 31.2 Å². The summed E-state index contributed by atoms with van der Waals surface area (Å²) in [5, 5.41) is 0. The van der Waals surface area contributed by atoms with Crippen LogP contribution in [0.15, 0.2) is 48.5 Å². The highest BCUT2D eigenvalue weighted by Gasteiger charge is 2.14. The molecule has 0 aliphatic heterocycles. The number of hydrazine groups is 1. The van der Waals surface area contributed by atoms with Crippen molar-refractivity contribution in [3.05, 3.63) is 59.7 Å². The first-order chi connectivity index (χ1) is 13.1. The average Bonchev–Trinajstić information content (AvgIpc) is 2.70. The zero-order valence-electron chi connectivity index (χ0n) is 16.0. The van der Waals surface area contributed by atoms with Crippen LogP contribution in [0.1, 0.15) is 49.0 Å². The van der Waals surface area contributed by atoms with Gasteiger partial charge in [0, 0.05) is 0 Å². The van der Waals surface area contributed by atoms with Gasteiger partial charge in [0.1, 0.15) is 11.5 Å². The van der Waals surface area contributed by atoms with Gasteiger partial charge in [0.05, 0.1) is 12.2 Å². The summed E-state index contributed by atoms with van der Waals surface area (Å²) in [6.07, 6.45) is 0.974. The number of carbonyl (C=O) groups excluding carboxylic acids is 2. The predicted octanol–water partition coefficient (Wildman–Crippen LogP) is 3.44. The molecule has 0 fully saturated rings. The Hall–Kier alpha value is -3.02. The molecule has 2 aromatic rings. The summed E-state index contributed by atoms with van der Waals surface area (Å²) in [6, 6.07) is 14.5. The molecule has 6 heteroatoms. The molecule has 0 bridgehead atoms. The molecule has 144 valence electrons. The average molecular weight is 370 g/mol. The Morgan fingerprint density at radius 2 is 1.59 bits per heavy atom. The fourth-order valence-electron chi connectivity index (χ4n) is 2.55. The molecule has 27 heavy (non-hydrogen) atoms. The van der Waals surface area contributed by atoms with Gasteiger partial charge in [0.15, 0.2) is 6.61 Å². The lowest BCUT2D eigenvalue weighted by Crippen LogP contribution is -2.44. The molecule has 0 aromatic heterocycles. The summed E-state index contributed by atoms with van der Waals surface area (Å²) < 4.78 is 11.1. The molecule has 0 saturated carbocycles. The predicted molar refractivity (Wildman–Crippen MR) is 104 cm³/mol. The Labute approximate surface area is 159 Å². The lowest BCUT2D eigenvalue weighted by atomic mass is 9.98. The van der Waals surface area contributed by atoms with Crippen molar-refractivity contribution in [2.45, 2.75) is 33.1 Å². The maximum absolute atomic E-state index is 12.3. The third kappa shape index (κ3) is 5.74. The lowest BCUT2D eigenvalue weighted by molar-refractivity contribution is -0.123. The third-order valence-corrected chi connectivity index (χ3v) is 4.17.